The molecule has 0 N–H and O–H groups in total. The maximum absolute atomic E-state index is 14.5. The van der Waals surface area contributed by atoms with E-state index in [-0.39, 0.29) is 17.4 Å². The summed E-state index contributed by atoms with van der Waals surface area (Å²) in [5.41, 5.74) is 2.07. The van der Waals surface area contributed by atoms with Crippen molar-refractivity contribution in [2.75, 3.05) is 13.2 Å². The molecular weight excluding hydrogens is 346 g/mol. The second kappa shape index (κ2) is 9.14. The highest BCUT2D eigenvalue weighted by Crippen LogP contribution is 2.33. The Bertz CT molecular complexity index is 776. The third-order valence-electron chi connectivity index (χ3n) is 4.92. The van der Waals surface area contributed by atoms with E-state index in [1.165, 1.54) is 11.6 Å². The summed E-state index contributed by atoms with van der Waals surface area (Å²) >= 11 is 0. The van der Waals surface area contributed by atoms with Gasteiger partial charge in [0, 0.05) is 11.5 Å². The Morgan fingerprint density at radius 2 is 1.85 bits per heavy atom. The zero-order chi connectivity index (χ0) is 19.2. The molecule has 2 aromatic rings. The zero-order valence-corrected chi connectivity index (χ0v) is 15.9. The maximum Gasteiger partial charge on any atom is 0.201 e. The fourth-order valence-corrected chi connectivity index (χ4v) is 3.41. The Morgan fingerprint density at radius 3 is 2.48 bits per heavy atom. The average molecular weight is 372 g/mol. The van der Waals surface area contributed by atoms with Gasteiger partial charge >= 0.3 is 0 Å². The summed E-state index contributed by atoms with van der Waals surface area (Å²) in [7, 11) is 0. The number of halogens is 2. The highest BCUT2D eigenvalue weighted by atomic mass is 19.2. The van der Waals surface area contributed by atoms with Gasteiger partial charge in [0.15, 0.2) is 11.6 Å². The van der Waals surface area contributed by atoms with Gasteiger partial charge in [-0.2, -0.15) is 4.39 Å². The van der Waals surface area contributed by atoms with Gasteiger partial charge in [-0.1, -0.05) is 43.3 Å². The highest BCUT2D eigenvalue weighted by molar-refractivity contribution is 5.65. The van der Waals surface area contributed by atoms with E-state index in [0.717, 1.165) is 19.3 Å². The van der Waals surface area contributed by atoms with Gasteiger partial charge in [-0.25, -0.2) is 4.39 Å². The van der Waals surface area contributed by atoms with Crippen LogP contribution in [-0.4, -0.2) is 19.3 Å². The van der Waals surface area contributed by atoms with E-state index < -0.39 is 11.6 Å². The van der Waals surface area contributed by atoms with Crippen LogP contribution in [0, 0.1) is 11.6 Å². The number of allylic oxidation sites excluding steroid dienone is 1. The number of rotatable bonds is 6. The van der Waals surface area contributed by atoms with Crippen molar-refractivity contribution in [3.63, 3.8) is 0 Å². The smallest absolute Gasteiger partial charge is 0.201 e. The third-order valence-corrected chi connectivity index (χ3v) is 4.92. The predicted octanol–water partition coefficient (Wildman–Crippen LogP) is 6.26. The van der Waals surface area contributed by atoms with Crippen LogP contribution in [0.15, 0.2) is 48.6 Å². The summed E-state index contributed by atoms with van der Waals surface area (Å²) < 4.78 is 39.8. The molecule has 1 saturated heterocycles. The normalized spacial score (nSPS) is 20.1. The largest absolute Gasteiger partial charge is 0.490 e. The van der Waals surface area contributed by atoms with Crippen molar-refractivity contribution in [1.29, 1.82) is 0 Å². The van der Waals surface area contributed by atoms with Gasteiger partial charge in [0.05, 0.1) is 19.3 Å². The van der Waals surface area contributed by atoms with Gasteiger partial charge in [-0.05, 0) is 49.4 Å². The van der Waals surface area contributed by atoms with Crippen molar-refractivity contribution in [2.24, 2.45) is 0 Å². The molecule has 0 aliphatic carbocycles. The summed E-state index contributed by atoms with van der Waals surface area (Å²) in [6.45, 7) is 4.96. The molecule has 27 heavy (non-hydrogen) atoms. The summed E-state index contributed by atoms with van der Waals surface area (Å²) in [5, 5.41) is 0. The van der Waals surface area contributed by atoms with E-state index in [1.807, 2.05) is 44.2 Å². The number of benzene rings is 2. The van der Waals surface area contributed by atoms with Gasteiger partial charge < -0.3 is 9.47 Å². The second-order valence-electron chi connectivity index (χ2n) is 6.88. The molecule has 4 heteroatoms. The molecule has 0 spiro atoms. The van der Waals surface area contributed by atoms with Crippen molar-refractivity contribution >= 4 is 0 Å². The van der Waals surface area contributed by atoms with Gasteiger partial charge in [-0.15, -0.1) is 0 Å². The third kappa shape index (κ3) is 4.56. The molecule has 3 rings (SSSR count). The molecule has 1 aliphatic heterocycles. The van der Waals surface area contributed by atoms with Gasteiger partial charge in [0.2, 0.25) is 5.82 Å². The molecule has 0 saturated carbocycles. The van der Waals surface area contributed by atoms with Gasteiger partial charge in [0.1, 0.15) is 0 Å². The van der Waals surface area contributed by atoms with Crippen LogP contribution in [-0.2, 0) is 4.74 Å². The summed E-state index contributed by atoms with van der Waals surface area (Å²) in [4.78, 5) is 0. The summed E-state index contributed by atoms with van der Waals surface area (Å²) in [6, 6.07) is 10.7. The fourth-order valence-electron chi connectivity index (χ4n) is 3.41. The number of hydrogen-bond donors (Lipinski definition) is 0. The first-order valence-electron chi connectivity index (χ1n) is 9.59. The van der Waals surface area contributed by atoms with E-state index in [1.54, 1.807) is 6.07 Å². The van der Waals surface area contributed by atoms with Crippen molar-refractivity contribution in [3.05, 3.63) is 65.7 Å². The fraction of sp³-hybridized carbons (Fsp3) is 0.391. The van der Waals surface area contributed by atoms with Crippen LogP contribution in [0.5, 0.6) is 5.75 Å². The molecule has 2 aromatic carbocycles. The SMILES string of the molecule is C/C=C/C1CCC(c2ccc(-c3ccc(OCCC)c(F)c3F)cc2)CO1. The van der Waals surface area contributed by atoms with Crippen LogP contribution in [0.25, 0.3) is 11.1 Å². The summed E-state index contributed by atoms with van der Waals surface area (Å²) in [6.07, 6.45) is 7.11. The van der Waals surface area contributed by atoms with Crippen LogP contribution < -0.4 is 4.74 Å². The first-order chi connectivity index (χ1) is 13.1. The molecule has 1 aliphatic rings. The lowest BCUT2D eigenvalue weighted by atomic mass is 9.90. The van der Waals surface area contributed by atoms with E-state index in [0.29, 0.717) is 24.7 Å². The molecular formula is C23H26F2O2. The number of hydrogen-bond acceptors (Lipinski definition) is 2. The van der Waals surface area contributed by atoms with Gasteiger partial charge in [0.25, 0.3) is 0 Å². The Balaban J connectivity index is 1.73. The average Bonchev–Trinajstić information content (AvgIpc) is 2.70. The van der Waals surface area contributed by atoms with Crippen molar-refractivity contribution in [2.45, 2.75) is 45.1 Å². The molecule has 2 nitrogen and oxygen atoms in total. The number of ether oxygens (including phenoxy) is 2. The first-order valence-corrected chi connectivity index (χ1v) is 9.59. The Labute approximate surface area is 159 Å². The lowest BCUT2D eigenvalue weighted by Gasteiger charge is -2.27. The monoisotopic (exact) mass is 372 g/mol. The molecule has 1 fully saturated rings. The first kappa shape index (κ1) is 19.6. The lowest BCUT2D eigenvalue weighted by Crippen LogP contribution is -2.23. The van der Waals surface area contributed by atoms with Crippen LogP contribution in [0.3, 0.4) is 0 Å². The molecule has 1 heterocycles. The maximum atomic E-state index is 14.5. The van der Waals surface area contributed by atoms with Crippen molar-refractivity contribution in [3.8, 4) is 16.9 Å². The molecule has 2 unspecified atom stereocenters. The second-order valence-corrected chi connectivity index (χ2v) is 6.88. The minimum atomic E-state index is -0.930. The summed E-state index contributed by atoms with van der Waals surface area (Å²) in [5.74, 6) is -1.50. The highest BCUT2D eigenvalue weighted by Gasteiger charge is 2.22. The topological polar surface area (TPSA) is 18.5 Å². The van der Waals surface area contributed by atoms with E-state index in [2.05, 4.69) is 6.08 Å². The van der Waals surface area contributed by atoms with Crippen LogP contribution in [0.2, 0.25) is 0 Å². The molecule has 144 valence electrons. The predicted molar refractivity (Wildman–Crippen MR) is 104 cm³/mol. The Morgan fingerprint density at radius 1 is 1.07 bits per heavy atom. The van der Waals surface area contributed by atoms with Crippen molar-refractivity contribution in [1.82, 2.24) is 0 Å². The molecule has 2 atom stereocenters. The van der Waals surface area contributed by atoms with E-state index in [4.69, 9.17) is 9.47 Å². The van der Waals surface area contributed by atoms with Gasteiger partial charge in [-0.3, -0.25) is 0 Å². The Kier molecular flexibility index (Phi) is 6.62. The van der Waals surface area contributed by atoms with Crippen LogP contribution in [0.1, 0.15) is 44.6 Å². The zero-order valence-electron chi connectivity index (χ0n) is 15.9. The Hall–Kier alpha value is -2.20. The van der Waals surface area contributed by atoms with E-state index >= 15 is 0 Å². The standard InChI is InChI=1S/C23H26F2O2/c1-3-5-19-11-10-18(15-27-19)16-6-8-17(9-7-16)20-12-13-21(26-14-4-2)23(25)22(20)24/h3,5-9,12-13,18-19H,4,10-11,14-15H2,1-2H3/b5-3+. The lowest BCUT2D eigenvalue weighted by molar-refractivity contribution is 0.0326. The van der Waals surface area contributed by atoms with Crippen molar-refractivity contribution < 1.29 is 18.3 Å². The van der Waals surface area contributed by atoms with Crippen LogP contribution in [0.4, 0.5) is 8.78 Å². The molecule has 0 amide bonds. The minimum absolute atomic E-state index is 0.0373. The quantitative estimate of drug-likeness (QED) is 0.557. The minimum Gasteiger partial charge on any atom is -0.490 e. The van der Waals surface area contributed by atoms with E-state index in [9.17, 15) is 8.78 Å². The van der Waals surface area contributed by atoms with Crippen LogP contribution >= 0.6 is 0 Å². The molecule has 0 radical (unpaired) electrons. The molecule has 0 aromatic heterocycles. The molecule has 0 bridgehead atoms.